The summed E-state index contributed by atoms with van der Waals surface area (Å²) in [6, 6.07) is 9.02. The van der Waals surface area contributed by atoms with Gasteiger partial charge in [0.15, 0.2) is 5.82 Å². The Balaban J connectivity index is 1.58. The van der Waals surface area contributed by atoms with Gasteiger partial charge in [0.25, 0.3) is 0 Å². The van der Waals surface area contributed by atoms with Crippen LogP contribution in [0.25, 0.3) is 11.4 Å². The van der Waals surface area contributed by atoms with E-state index in [1.54, 1.807) is 20.1 Å². The molecule has 0 bridgehead atoms. The average Bonchev–Trinajstić information content (AvgIpc) is 3.22. The van der Waals surface area contributed by atoms with E-state index >= 15 is 0 Å². The number of hydrogen-bond acceptors (Lipinski definition) is 7. The Morgan fingerprint density at radius 1 is 1.38 bits per heavy atom. The predicted octanol–water partition coefficient (Wildman–Crippen LogP) is 1.67. The maximum Gasteiger partial charge on any atom is 0.227 e. The molecule has 0 atom stereocenters. The molecule has 9 nitrogen and oxygen atoms in total. The normalized spacial score (nSPS) is 10.6. The molecule has 0 unspecified atom stereocenters. The van der Waals surface area contributed by atoms with Crippen LogP contribution in [0.15, 0.2) is 34.9 Å². The second kappa shape index (κ2) is 6.90. The first-order chi connectivity index (χ1) is 11.6. The van der Waals surface area contributed by atoms with Crippen molar-refractivity contribution >= 4 is 11.7 Å². The fourth-order valence-electron chi connectivity index (χ4n) is 2.05. The van der Waals surface area contributed by atoms with Gasteiger partial charge < -0.3 is 14.6 Å². The first kappa shape index (κ1) is 15.7. The van der Waals surface area contributed by atoms with Crippen LogP contribution in [0.2, 0.25) is 0 Å². The molecule has 0 spiro atoms. The number of rotatable bonds is 6. The van der Waals surface area contributed by atoms with E-state index in [1.165, 1.54) is 4.80 Å². The lowest BCUT2D eigenvalue weighted by Crippen LogP contribution is -2.15. The van der Waals surface area contributed by atoms with E-state index in [2.05, 4.69) is 25.9 Å². The van der Waals surface area contributed by atoms with Crippen molar-refractivity contribution in [1.29, 1.82) is 0 Å². The van der Waals surface area contributed by atoms with Crippen LogP contribution in [0, 0.1) is 6.92 Å². The molecule has 3 rings (SSSR count). The van der Waals surface area contributed by atoms with Gasteiger partial charge in [-0.15, -0.1) is 10.2 Å². The summed E-state index contributed by atoms with van der Waals surface area (Å²) >= 11 is 0. The van der Waals surface area contributed by atoms with Gasteiger partial charge in [-0.2, -0.15) is 4.80 Å². The van der Waals surface area contributed by atoms with Crippen molar-refractivity contribution in [1.82, 2.24) is 25.4 Å². The molecule has 0 saturated heterocycles. The zero-order chi connectivity index (χ0) is 16.9. The summed E-state index contributed by atoms with van der Waals surface area (Å²) in [6.45, 7) is 2.06. The SMILES string of the molecule is COc1cccc(-c2nnn(CCC(=O)Nc3cc(C)on3)n2)c1. The molecule has 2 aromatic heterocycles. The predicted molar refractivity (Wildman–Crippen MR) is 84.3 cm³/mol. The molecule has 0 aliphatic heterocycles. The molecule has 0 aliphatic rings. The zero-order valence-corrected chi connectivity index (χ0v) is 13.3. The Bertz CT molecular complexity index is 841. The quantitative estimate of drug-likeness (QED) is 0.733. The van der Waals surface area contributed by atoms with Crippen LogP contribution < -0.4 is 10.1 Å². The van der Waals surface area contributed by atoms with Crippen molar-refractivity contribution in [3.8, 4) is 17.1 Å². The number of anilines is 1. The maximum absolute atomic E-state index is 11.9. The van der Waals surface area contributed by atoms with Crippen LogP contribution in [0.1, 0.15) is 12.2 Å². The van der Waals surface area contributed by atoms with Gasteiger partial charge in [0.2, 0.25) is 11.7 Å². The molecule has 0 aliphatic carbocycles. The summed E-state index contributed by atoms with van der Waals surface area (Å²) in [7, 11) is 1.60. The van der Waals surface area contributed by atoms with E-state index < -0.39 is 0 Å². The summed E-state index contributed by atoms with van der Waals surface area (Å²) in [4.78, 5) is 13.2. The highest BCUT2D eigenvalue weighted by Gasteiger charge is 2.10. The molecule has 0 radical (unpaired) electrons. The lowest BCUT2D eigenvalue weighted by molar-refractivity contribution is -0.116. The topological polar surface area (TPSA) is 108 Å². The number of tetrazole rings is 1. The fraction of sp³-hybridized carbons (Fsp3) is 0.267. The van der Waals surface area contributed by atoms with Crippen molar-refractivity contribution < 1.29 is 14.1 Å². The Labute approximate surface area is 137 Å². The number of amides is 1. The Morgan fingerprint density at radius 3 is 3.00 bits per heavy atom. The molecular weight excluding hydrogens is 312 g/mol. The molecule has 0 fully saturated rings. The Hall–Kier alpha value is -3.23. The zero-order valence-electron chi connectivity index (χ0n) is 13.3. The first-order valence-corrected chi connectivity index (χ1v) is 7.29. The molecule has 24 heavy (non-hydrogen) atoms. The molecule has 1 N–H and O–H groups in total. The minimum Gasteiger partial charge on any atom is -0.497 e. The molecular formula is C15H16N6O3. The van der Waals surface area contributed by atoms with Gasteiger partial charge in [0, 0.05) is 18.1 Å². The number of benzene rings is 1. The second-order valence-electron chi connectivity index (χ2n) is 5.06. The highest BCUT2D eigenvalue weighted by molar-refractivity contribution is 5.89. The van der Waals surface area contributed by atoms with E-state index in [9.17, 15) is 4.79 Å². The van der Waals surface area contributed by atoms with Gasteiger partial charge in [-0.1, -0.05) is 17.3 Å². The van der Waals surface area contributed by atoms with Crippen LogP contribution >= 0.6 is 0 Å². The van der Waals surface area contributed by atoms with Crippen LogP contribution in [-0.4, -0.2) is 38.4 Å². The second-order valence-corrected chi connectivity index (χ2v) is 5.06. The number of aromatic nitrogens is 5. The molecule has 1 aromatic carbocycles. The Morgan fingerprint density at radius 2 is 2.25 bits per heavy atom. The highest BCUT2D eigenvalue weighted by atomic mass is 16.5. The molecule has 2 heterocycles. The largest absolute Gasteiger partial charge is 0.497 e. The minimum atomic E-state index is -0.205. The number of nitrogens with zero attached hydrogens (tertiary/aromatic N) is 5. The minimum absolute atomic E-state index is 0.194. The highest BCUT2D eigenvalue weighted by Crippen LogP contribution is 2.19. The van der Waals surface area contributed by atoms with Gasteiger partial charge in [-0.3, -0.25) is 4.79 Å². The van der Waals surface area contributed by atoms with Crippen molar-refractivity contribution in [3.05, 3.63) is 36.1 Å². The standard InChI is InChI=1S/C15H16N6O3/c1-10-8-13(19-24-10)16-14(22)6-7-21-18-15(17-20-21)11-4-3-5-12(9-11)23-2/h3-5,8-9H,6-7H2,1-2H3,(H,16,19,22). The monoisotopic (exact) mass is 328 g/mol. The van der Waals surface area contributed by atoms with Crippen LogP contribution in [0.3, 0.4) is 0 Å². The average molecular weight is 328 g/mol. The number of methoxy groups -OCH3 is 1. The molecule has 1 amide bonds. The number of nitrogens with one attached hydrogen (secondary N) is 1. The molecule has 0 saturated carbocycles. The van der Waals surface area contributed by atoms with E-state index in [0.29, 0.717) is 29.7 Å². The van der Waals surface area contributed by atoms with Gasteiger partial charge >= 0.3 is 0 Å². The maximum atomic E-state index is 11.9. The van der Waals surface area contributed by atoms with Crippen molar-refractivity contribution in [2.45, 2.75) is 19.9 Å². The smallest absolute Gasteiger partial charge is 0.227 e. The summed E-state index contributed by atoms with van der Waals surface area (Å²) in [5.74, 6) is 2.00. The van der Waals surface area contributed by atoms with Crippen molar-refractivity contribution in [3.63, 3.8) is 0 Å². The van der Waals surface area contributed by atoms with Gasteiger partial charge in [0.1, 0.15) is 11.5 Å². The summed E-state index contributed by atoms with van der Waals surface area (Å²) in [6.07, 6.45) is 0.194. The fourth-order valence-corrected chi connectivity index (χ4v) is 2.05. The molecule has 3 aromatic rings. The summed E-state index contributed by atoms with van der Waals surface area (Å²) in [5.41, 5.74) is 0.795. The molecule has 9 heteroatoms. The van der Waals surface area contributed by atoms with E-state index in [0.717, 1.165) is 5.56 Å². The third-order valence-corrected chi connectivity index (χ3v) is 3.22. The van der Waals surface area contributed by atoms with Crippen LogP contribution in [-0.2, 0) is 11.3 Å². The summed E-state index contributed by atoms with van der Waals surface area (Å²) < 4.78 is 10.1. The van der Waals surface area contributed by atoms with Crippen molar-refractivity contribution in [2.24, 2.45) is 0 Å². The van der Waals surface area contributed by atoms with E-state index in [-0.39, 0.29) is 12.3 Å². The van der Waals surface area contributed by atoms with Crippen molar-refractivity contribution in [2.75, 3.05) is 12.4 Å². The van der Waals surface area contributed by atoms with E-state index in [4.69, 9.17) is 9.26 Å². The van der Waals surface area contributed by atoms with Crippen LogP contribution in [0.4, 0.5) is 5.82 Å². The third kappa shape index (κ3) is 3.75. The molecule has 124 valence electrons. The number of carbonyl (C=O) groups excluding carboxylic acids is 1. The number of aryl methyl sites for hydroxylation is 2. The lowest BCUT2D eigenvalue weighted by Gasteiger charge is -2.01. The first-order valence-electron chi connectivity index (χ1n) is 7.29. The lowest BCUT2D eigenvalue weighted by atomic mass is 10.2. The third-order valence-electron chi connectivity index (χ3n) is 3.22. The van der Waals surface area contributed by atoms with Gasteiger partial charge in [-0.25, -0.2) is 0 Å². The number of hydrogen-bond donors (Lipinski definition) is 1. The van der Waals surface area contributed by atoms with Gasteiger partial charge in [-0.05, 0) is 24.3 Å². The van der Waals surface area contributed by atoms with Gasteiger partial charge in [0.05, 0.1) is 13.7 Å². The summed E-state index contributed by atoms with van der Waals surface area (Å²) in [5, 5.41) is 18.5. The number of ether oxygens (including phenoxy) is 1. The Kier molecular flexibility index (Phi) is 4.50. The number of carbonyl (C=O) groups is 1. The van der Waals surface area contributed by atoms with Crippen LogP contribution in [0.5, 0.6) is 5.75 Å². The van der Waals surface area contributed by atoms with E-state index in [1.807, 2.05) is 24.3 Å².